The Morgan fingerprint density at radius 2 is 2.00 bits per heavy atom. The van der Waals surface area contributed by atoms with Crippen LogP contribution in [0.15, 0.2) is 53.2 Å². The molecule has 0 aliphatic rings. The molecule has 30 heavy (non-hydrogen) atoms. The summed E-state index contributed by atoms with van der Waals surface area (Å²) in [6, 6.07) is 10.8. The molecule has 0 unspecified atom stereocenters. The number of hydrogen-bond acceptors (Lipinski definition) is 4. The van der Waals surface area contributed by atoms with E-state index in [4.69, 9.17) is 10.7 Å². The lowest BCUT2D eigenvalue weighted by Gasteiger charge is -2.15. The lowest BCUT2D eigenvalue weighted by molar-refractivity contribution is 0.546. The first kappa shape index (κ1) is 22.2. The van der Waals surface area contributed by atoms with Crippen LogP contribution in [0.25, 0.3) is 22.2 Å². The molecular formula is C23H28FN3O2S. The normalized spacial score (nSPS) is 12.8. The summed E-state index contributed by atoms with van der Waals surface area (Å²) >= 11 is 0. The van der Waals surface area contributed by atoms with Crippen molar-refractivity contribution in [3.05, 3.63) is 59.7 Å². The fourth-order valence-electron chi connectivity index (χ4n) is 3.75. The van der Waals surface area contributed by atoms with Crippen LogP contribution in [0.4, 0.5) is 4.39 Å². The summed E-state index contributed by atoms with van der Waals surface area (Å²) in [6.07, 6.45) is 1.37. The number of allylic oxidation sites excluding steroid dienone is 1. The summed E-state index contributed by atoms with van der Waals surface area (Å²) in [6.45, 7) is 7.80. The molecule has 0 aliphatic heterocycles. The van der Waals surface area contributed by atoms with Crippen molar-refractivity contribution >= 4 is 20.9 Å². The van der Waals surface area contributed by atoms with E-state index in [9.17, 15) is 12.8 Å². The fourth-order valence-corrected chi connectivity index (χ4v) is 4.67. The van der Waals surface area contributed by atoms with Gasteiger partial charge in [-0.1, -0.05) is 32.9 Å². The van der Waals surface area contributed by atoms with Gasteiger partial charge in [-0.25, -0.2) is 12.8 Å². The number of nitrogens with two attached hydrogens (primary N) is 1. The molecular weight excluding hydrogens is 401 g/mol. The third-order valence-corrected chi connectivity index (χ3v) is 6.88. The zero-order chi connectivity index (χ0) is 22.1. The standard InChI is InChI=1S/C23H28FN3O2S/c1-5-30(28,29)19-8-6-7-17(13-19)21-22-20(10-9-16(4)26-22)27(23(21)15(2)3)14-18(24)11-12-25/h6-11,13,15H,5,12,14,25H2,1-4H3. The molecule has 0 bridgehead atoms. The minimum absolute atomic E-state index is 0.0295. The van der Waals surface area contributed by atoms with Gasteiger partial charge in [-0.05, 0) is 48.7 Å². The molecule has 0 radical (unpaired) electrons. The van der Waals surface area contributed by atoms with Crippen molar-refractivity contribution in [3.8, 4) is 11.1 Å². The van der Waals surface area contributed by atoms with Crippen LogP contribution in [0.1, 0.15) is 38.1 Å². The highest BCUT2D eigenvalue weighted by molar-refractivity contribution is 7.91. The summed E-state index contributed by atoms with van der Waals surface area (Å²) in [5, 5.41) is 0. The summed E-state index contributed by atoms with van der Waals surface area (Å²) in [7, 11) is -3.35. The van der Waals surface area contributed by atoms with Crippen LogP contribution in [-0.2, 0) is 16.4 Å². The van der Waals surface area contributed by atoms with Crippen LogP contribution in [-0.4, -0.2) is 30.3 Å². The van der Waals surface area contributed by atoms with Gasteiger partial charge in [0.05, 0.1) is 28.2 Å². The number of nitrogens with zero attached hydrogens (tertiary/aromatic N) is 2. The van der Waals surface area contributed by atoms with Gasteiger partial charge < -0.3 is 10.3 Å². The Hall–Kier alpha value is -2.51. The van der Waals surface area contributed by atoms with E-state index in [0.29, 0.717) is 0 Å². The summed E-state index contributed by atoms with van der Waals surface area (Å²) in [5.74, 6) is -0.223. The first-order chi connectivity index (χ1) is 14.2. The lowest BCUT2D eigenvalue weighted by atomic mass is 9.98. The molecule has 0 atom stereocenters. The number of aryl methyl sites for hydroxylation is 1. The molecule has 1 aromatic carbocycles. The number of sulfone groups is 1. The van der Waals surface area contributed by atoms with Crippen LogP contribution in [0.2, 0.25) is 0 Å². The summed E-state index contributed by atoms with van der Waals surface area (Å²) in [5.41, 5.74) is 10.4. The van der Waals surface area contributed by atoms with E-state index in [2.05, 4.69) is 0 Å². The van der Waals surface area contributed by atoms with Crippen LogP contribution in [0.3, 0.4) is 0 Å². The fraction of sp³-hybridized carbons (Fsp3) is 0.348. The average molecular weight is 430 g/mol. The Kier molecular flexibility index (Phi) is 6.43. The second kappa shape index (κ2) is 8.70. The van der Waals surface area contributed by atoms with Crippen LogP contribution < -0.4 is 5.73 Å². The van der Waals surface area contributed by atoms with Crippen LogP contribution in [0, 0.1) is 6.92 Å². The molecule has 0 spiro atoms. The van der Waals surface area contributed by atoms with Crippen molar-refractivity contribution in [2.75, 3.05) is 12.3 Å². The van der Waals surface area contributed by atoms with Crippen molar-refractivity contribution in [3.63, 3.8) is 0 Å². The molecule has 2 N–H and O–H groups in total. The van der Waals surface area contributed by atoms with Crippen molar-refractivity contribution in [2.24, 2.45) is 5.73 Å². The Bertz CT molecular complexity index is 1210. The predicted molar refractivity (Wildman–Crippen MR) is 120 cm³/mol. The molecule has 2 heterocycles. The van der Waals surface area contributed by atoms with Gasteiger partial charge in [0.2, 0.25) is 0 Å². The Balaban J connectivity index is 2.37. The molecule has 0 saturated carbocycles. The molecule has 7 heteroatoms. The molecule has 0 amide bonds. The topological polar surface area (TPSA) is 78.0 Å². The zero-order valence-electron chi connectivity index (χ0n) is 17.8. The number of halogens is 1. The largest absolute Gasteiger partial charge is 0.336 e. The summed E-state index contributed by atoms with van der Waals surface area (Å²) in [4.78, 5) is 5.02. The van der Waals surface area contributed by atoms with Crippen molar-refractivity contribution in [1.29, 1.82) is 0 Å². The van der Waals surface area contributed by atoms with E-state index in [-0.39, 0.29) is 35.5 Å². The molecule has 0 saturated heterocycles. The lowest BCUT2D eigenvalue weighted by Crippen LogP contribution is -2.07. The first-order valence-corrected chi connectivity index (χ1v) is 11.7. The minimum atomic E-state index is -3.35. The van der Waals surface area contributed by atoms with Gasteiger partial charge in [0.25, 0.3) is 0 Å². The number of rotatable bonds is 7. The maximum Gasteiger partial charge on any atom is 0.178 e. The van der Waals surface area contributed by atoms with Gasteiger partial charge >= 0.3 is 0 Å². The smallest absolute Gasteiger partial charge is 0.178 e. The maximum absolute atomic E-state index is 14.5. The van der Waals surface area contributed by atoms with Crippen LogP contribution >= 0.6 is 0 Å². The monoisotopic (exact) mass is 429 g/mol. The Morgan fingerprint density at radius 3 is 2.63 bits per heavy atom. The van der Waals surface area contributed by atoms with E-state index >= 15 is 0 Å². The minimum Gasteiger partial charge on any atom is -0.336 e. The van der Waals surface area contributed by atoms with Crippen molar-refractivity contribution < 1.29 is 12.8 Å². The molecule has 2 aromatic heterocycles. The van der Waals surface area contributed by atoms with Crippen molar-refractivity contribution in [2.45, 2.75) is 45.1 Å². The van der Waals surface area contributed by atoms with E-state index in [1.54, 1.807) is 25.1 Å². The highest BCUT2D eigenvalue weighted by Gasteiger charge is 2.24. The molecule has 0 aliphatic carbocycles. The number of pyridine rings is 1. The second-order valence-electron chi connectivity index (χ2n) is 7.64. The Morgan fingerprint density at radius 1 is 1.27 bits per heavy atom. The van der Waals surface area contributed by atoms with Gasteiger partial charge in [-0.15, -0.1) is 0 Å². The maximum atomic E-state index is 14.5. The third-order valence-electron chi connectivity index (χ3n) is 5.14. The summed E-state index contributed by atoms with van der Waals surface area (Å²) < 4.78 is 41.3. The SMILES string of the molecule is CCS(=O)(=O)c1cccc(-c2c(C(C)C)n(CC(F)=CCN)c3ccc(C)nc23)c1. The highest BCUT2D eigenvalue weighted by atomic mass is 32.2. The zero-order valence-corrected chi connectivity index (χ0v) is 18.6. The highest BCUT2D eigenvalue weighted by Crippen LogP contribution is 2.39. The molecule has 3 aromatic rings. The van der Waals surface area contributed by atoms with Gasteiger partial charge in [0, 0.05) is 23.5 Å². The second-order valence-corrected chi connectivity index (χ2v) is 9.92. The Labute approximate surface area is 177 Å². The first-order valence-electron chi connectivity index (χ1n) is 10.1. The number of aromatic nitrogens is 2. The van der Waals surface area contributed by atoms with E-state index in [1.807, 2.05) is 43.5 Å². The quantitative estimate of drug-likeness (QED) is 0.588. The predicted octanol–water partition coefficient (Wildman–Crippen LogP) is 4.74. The third kappa shape index (κ3) is 4.18. The van der Waals surface area contributed by atoms with Crippen molar-refractivity contribution in [1.82, 2.24) is 9.55 Å². The van der Waals surface area contributed by atoms with Gasteiger partial charge in [0.15, 0.2) is 9.84 Å². The number of hydrogen-bond donors (Lipinski definition) is 1. The number of benzene rings is 1. The van der Waals surface area contributed by atoms with Gasteiger partial charge in [-0.3, -0.25) is 4.98 Å². The number of fused-ring (bicyclic) bond motifs is 1. The van der Waals surface area contributed by atoms with Gasteiger partial charge in [0.1, 0.15) is 5.83 Å². The van der Waals surface area contributed by atoms with Crippen LogP contribution in [0.5, 0.6) is 0 Å². The molecule has 0 fully saturated rings. The van der Waals surface area contributed by atoms with E-state index in [0.717, 1.165) is 33.5 Å². The van der Waals surface area contributed by atoms with E-state index in [1.165, 1.54) is 6.08 Å². The molecule has 3 rings (SSSR count). The average Bonchev–Trinajstić information content (AvgIpc) is 3.01. The molecule has 160 valence electrons. The van der Waals surface area contributed by atoms with E-state index < -0.39 is 9.84 Å². The van der Waals surface area contributed by atoms with Gasteiger partial charge in [-0.2, -0.15) is 0 Å². The molecule has 5 nitrogen and oxygen atoms in total.